The van der Waals surface area contributed by atoms with Crippen molar-refractivity contribution in [1.29, 1.82) is 0 Å². The first kappa shape index (κ1) is 16.0. The molecule has 0 saturated heterocycles. The van der Waals surface area contributed by atoms with Crippen LogP contribution in [0.1, 0.15) is 21.8 Å². The lowest BCUT2D eigenvalue weighted by atomic mass is 10.2. The van der Waals surface area contributed by atoms with Crippen molar-refractivity contribution in [3.8, 4) is 0 Å². The Bertz CT molecular complexity index is 784. The van der Waals surface area contributed by atoms with Crippen molar-refractivity contribution in [2.75, 3.05) is 0 Å². The molecule has 0 radical (unpaired) electrons. The van der Waals surface area contributed by atoms with Crippen LogP contribution in [0.2, 0.25) is 0 Å². The van der Waals surface area contributed by atoms with Gasteiger partial charge in [0.15, 0.2) is 0 Å². The van der Waals surface area contributed by atoms with Gasteiger partial charge in [-0.2, -0.15) is 0 Å². The number of benzene rings is 2. The van der Waals surface area contributed by atoms with Gasteiger partial charge in [0.2, 0.25) is 0 Å². The summed E-state index contributed by atoms with van der Waals surface area (Å²) in [6, 6.07) is 16.3. The third-order valence-corrected chi connectivity index (χ3v) is 5.52. The summed E-state index contributed by atoms with van der Waals surface area (Å²) in [5.74, 6) is 0.582. The van der Waals surface area contributed by atoms with Crippen molar-refractivity contribution in [3.05, 3.63) is 87.6 Å². The number of hydrogen-bond donors (Lipinski definition) is 0. The minimum atomic E-state index is -1.04. The van der Waals surface area contributed by atoms with Crippen LogP contribution in [0.15, 0.2) is 60.0 Å². The lowest BCUT2D eigenvalue weighted by Crippen LogP contribution is -2.00. The van der Waals surface area contributed by atoms with Gasteiger partial charge in [0, 0.05) is 28.4 Å². The van der Waals surface area contributed by atoms with Gasteiger partial charge in [-0.3, -0.25) is 4.21 Å². The quantitative estimate of drug-likeness (QED) is 0.666. The SMILES string of the molecule is O=[S@](Cc1ccc(F)cc1)Cc1csc(Cc2ccccc2)n1. The first-order chi connectivity index (χ1) is 11.2. The van der Waals surface area contributed by atoms with Crippen LogP contribution in [-0.2, 0) is 28.7 Å². The van der Waals surface area contributed by atoms with Crippen molar-refractivity contribution in [2.45, 2.75) is 17.9 Å². The highest BCUT2D eigenvalue weighted by molar-refractivity contribution is 7.83. The zero-order chi connectivity index (χ0) is 16.1. The molecule has 0 spiro atoms. The van der Waals surface area contributed by atoms with Crippen molar-refractivity contribution >= 4 is 22.1 Å². The number of hydrogen-bond acceptors (Lipinski definition) is 3. The van der Waals surface area contributed by atoms with E-state index in [1.165, 1.54) is 17.7 Å². The molecule has 0 saturated carbocycles. The molecule has 3 rings (SSSR count). The van der Waals surface area contributed by atoms with Gasteiger partial charge in [-0.15, -0.1) is 11.3 Å². The second-order valence-electron chi connectivity index (χ2n) is 5.25. The van der Waals surface area contributed by atoms with Crippen molar-refractivity contribution in [3.63, 3.8) is 0 Å². The fourth-order valence-electron chi connectivity index (χ4n) is 2.25. The predicted molar refractivity (Wildman–Crippen MR) is 93.3 cm³/mol. The van der Waals surface area contributed by atoms with Crippen LogP contribution in [0.4, 0.5) is 4.39 Å². The fourth-order valence-corrected chi connectivity index (χ4v) is 4.33. The van der Waals surface area contributed by atoms with Crippen LogP contribution in [0.3, 0.4) is 0 Å². The molecule has 2 nitrogen and oxygen atoms in total. The summed E-state index contributed by atoms with van der Waals surface area (Å²) < 4.78 is 25.1. The molecule has 0 amide bonds. The highest BCUT2D eigenvalue weighted by Gasteiger charge is 2.08. The molecule has 2 aromatic carbocycles. The second-order valence-corrected chi connectivity index (χ2v) is 7.65. The molecule has 0 fully saturated rings. The summed E-state index contributed by atoms with van der Waals surface area (Å²) in [4.78, 5) is 4.57. The van der Waals surface area contributed by atoms with E-state index in [9.17, 15) is 8.60 Å². The molecule has 0 aliphatic heterocycles. The van der Waals surface area contributed by atoms with E-state index in [0.717, 1.165) is 22.7 Å². The highest BCUT2D eigenvalue weighted by atomic mass is 32.2. The molecule has 1 heterocycles. The van der Waals surface area contributed by atoms with Gasteiger partial charge in [0.1, 0.15) is 5.82 Å². The fraction of sp³-hybridized carbons (Fsp3) is 0.167. The second kappa shape index (κ2) is 7.62. The monoisotopic (exact) mass is 345 g/mol. The van der Waals surface area contributed by atoms with Crippen LogP contribution in [0.5, 0.6) is 0 Å². The maximum Gasteiger partial charge on any atom is 0.123 e. The topological polar surface area (TPSA) is 30.0 Å². The Morgan fingerprint density at radius 3 is 2.43 bits per heavy atom. The van der Waals surface area contributed by atoms with Crippen LogP contribution in [0.25, 0.3) is 0 Å². The van der Waals surface area contributed by atoms with E-state index in [2.05, 4.69) is 17.1 Å². The number of rotatable bonds is 6. The summed E-state index contributed by atoms with van der Waals surface area (Å²) in [5, 5.41) is 3.01. The first-order valence-corrected chi connectivity index (χ1v) is 9.62. The minimum Gasteiger partial charge on any atom is -0.259 e. The number of nitrogens with zero attached hydrogens (tertiary/aromatic N) is 1. The van der Waals surface area contributed by atoms with Crippen LogP contribution >= 0.6 is 11.3 Å². The Balaban J connectivity index is 1.58. The van der Waals surface area contributed by atoms with Crippen molar-refractivity contribution in [1.82, 2.24) is 4.98 Å². The molecule has 0 aliphatic carbocycles. The molecule has 0 aliphatic rings. The first-order valence-electron chi connectivity index (χ1n) is 7.25. The van der Waals surface area contributed by atoms with Gasteiger partial charge >= 0.3 is 0 Å². The van der Waals surface area contributed by atoms with Gasteiger partial charge in [-0.1, -0.05) is 42.5 Å². The van der Waals surface area contributed by atoms with E-state index in [0.29, 0.717) is 11.5 Å². The van der Waals surface area contributed by atoms with E-state index in [4.69, 9.17) is 0 Å². The molecule has 3 aromatic rings. The molecule has 0 N–H and O–H groups in total. The van der Waals surface area contributed by atoms with E-state index < -0.39 is 10.8 Å². The summed E-state index contributed by atoms with van der Waals surface area (Å²) >= 11 is 1.60. The van der Waals surface area contributed by atoms with Crippen LogP contribution in [0, 0.1) is 5.82 Å². The van der Waals surface area contributed by atoms with E-state index in [1.54, 1.807) is 23.5 Å². The maximum atomic E-state index is 12.9. The normalized spacial score (nSPS) is 12.2. The molecule has 23 heavy (non-hydrogen) atoms. The Kier molecular flexibility index (Phi) is 5.31. The molecule has 1 atom stereocenters. The smallest absolute Gasteiger partial charge is 0.123 e. The average molecular weight is 345 g/mol. The summed E-state index contributed by atoms with van der Waals surface area (Å²) in [6.45, 7) is 0. The Labute approximate surface area is 141 Å². The van der Waals surface area contributed by atoms with Gasteiger partial charge in [0.05, 0.1) is 16.5 Å². The molecule has 1 aromatic heterocycles. The highest BCUT2D eigenvalue weighted by Crippen LogP contribution is 2.17. The molecular formula is C18H16FNOS2. The minimum absolute atomic E-state index is 0.274. The Morgan fingerprint density at radius 2 is 1.70 bits per heavy atom. The standard InChI is InChI=1S/C18H16FNOS2/c19-16-8-6-15(7-9-16)12-23(21)13-17-11-22-18(20-17)10-14-4-2-1-3-5-14/h1-9,11H,10,12-13H2/t23-/m1/s1. The van der Waals surface area contributed by atoms with E-state index >= 15 is 0 Å². The van der Waals surface area contributed by atoms with E-state index in [1.807, 2.05) is 23.6 Å². The average Bonchev–Trinajstić information content (AvgIpc) is 2.97. The van der Waals surface area contributed by atoms with Crippen molar-refractivity contribution < 1.29 is 8.60 Å². The predicted octanol–water partition coefficient (Wildman–Crippen LogP) is 4.32. The molecule has 118 valence electrons. The van der Waals surface area contributed by atoms with Gasteiger partial charge < -0.3 is 0 Å². The summed E-state index contributed by atoms with van der Waals surface area (Å²) in [7, 11) is -1.04. The Morgan fingerprint density at radius 1 is 0.957 bits per heavy atom. The zero-order valence-electron chi connectivity index (χ0n) is 12.4. The number of thiazole rings is 1. The zero-order valence-corrected chi connectivity index (χ0v) is 14.1. The summed E-state index contributed by atoms with van der Waals surface area (Å²) in [5.41, 5.74) is 2.96. The molecule has 0 unspecified atom stereocenters. The third-order valence-electron chi connectivity index (χ3n) is 3.35. The summed E-state index contributed by atoms with van der Waals surface area (Å²) in [6.07, 6.45) is 0.802. The lowest BCUT2D eigenvalue weighted by Gasteiger charge is -2.01. The van der Waals surface area contributed by atoms with Gasteiger partial charge in [0.25, 0.3) is 0 Å². The third kappa shape index (κ3) is 4.81. The Hall–Kier alpha value is -1.85. The molecule has 0 bridgehead atoms. The van der Waals surface area contributed by atoms with E-state index in [-0.39, 0.29) is 5.82 Å². The van der Waals surface area contributed by atoms with Crippen LogP contribution < -0.4 is 0 Å². The number of halogens is 1. The largest absolute Gasteiger partial charge is 0.259 e. The lowest BCUT2D eigenvalue weighted by molar-refractivity contribution is 0.627. The molecule has 5 heteroatoms. The van der Waals surface area contributed by atoms with Crippen LogP contribution in [-0.4, -0.2) is 9.19 Å². The molecular weight excluding hydrogens is 329 g/mol. The van der Waals surface area contributed by atoms with Gasteiger partial charge in [-0.05, 0) is 23.3 Å². The number of aromatic nitrogens is 1. The van der Waals surface area contributed by atoms with Gasteiger partial charge in [-0.25, -0.2) is 9.37 Å². The van der Waals surface area contributed by atoms with Crippen molar-refractivity contribution in [2.24, 2.45) is 0 Å². The maximum absolute atomic E-state index is 12.9.